The fraction of sp³-hybridized carbons (Fsp3) is 0.571. The fourth-order valence-electron chi connectivity index (χ4n) is 2.49. The number of methoxy groups -OCH3 is 1. The average Bonchev–Trinajstić information content (AvgIpc) is 2.27. The lowest BCUT2D eigenvalue weighted by molar-refractivity contribution is 0.185. The topological polar surface area (TPSA) is 21.3 Å². The Labute approximate surface area is 112 Å². The highest BCUT2D eigenvalue weighted by atomic mass is 79.9. The monoisotopic (exact) mass is 297 g/mol. The third kappa shape index (κ3) is 3.09. The first-order valence-electron chi connectivity index (χ1n) is 6.23. The molecule has 0 bridgehead atoms. The van der Waals surface area contributed by atoms with Gasteiger partial charge in [-0.2, -0.15) is 0 Å². The van der Waals surface area contributed by atoms with Crippen molar-refractivity contribution >= 4 is 15.9 Å². The number of benzene rings is 1. The van der Waals surface area contributed by atoms with Gasteiger partial charge in [0.05, 0.1) is 6.61 Å². The summed E-state index contributed by atoms with van der Waals surface area (Å²) >= 11 is 3.56. The molecule has 94 valence electrons. The molecule has 0 heterocycles. The van der Waals surface area contributed by atoms with E-state index in [1.807, 2.05) is 0 Å². The van der Waals surface area contributed by atoms with Crippen molar-refractivity contribution in [3.05, 3.63) is 34.3 Å². The van der Waals surface area contributed by atoms with Gasteiger partial charge in [0.2, 0.25) is 0 Å². The quantitative estimate of drug-likeness (QED) is 0.815. The molecule has 0 saturated heterocycles. The first-order valence-corrected chi connectivity index (χ1v) is 7.02. The number of rotatable bonds is 6. The smallest absolute Gasteiger partial charge is 0.0587 e. The number of hydrogen-bond acceptors (Lipinski definition) is 2. The van der Waals surface area contributed by atoms with E-state index >= 15 is 0 Å². The molecule has 1 aliphatic rings. The zero-order valence-electron chi connectivity index (χ0n) is 10.3. The zero-order chi connectivity index (χ0) is 12.1. The normalized spacial score (nSPS) is 17.8. The Bertz CT molecular complexity index is 363. The van der Waals surface area contributed by atoms with Crippen molar-refractivity contribution < 1.29 is 4.74 Å². The lowest BCUT2D eigenvalue weighted by atomic mass is 9.64. The molecule has 0 atom stereocenters. The summed E-state index contributed by atoms with van der Waals surface area (Å²) in [6.07, 6.45) is 3.94. The van der Waals surface area contributed by atoms with E-state index in [1.165, 1.54) is 29.3 Å². The average molecular weight is 298 g/mol. The van der Waals surface area contributed by atoms with E-state index in [0.717, 1.165) is 19.7 Å². The van der Waals surface area contributed by atoms with Crippen LogP contribution in [0, 0.1) is 0 Å². The lowest BCUT2D eigenvalue weighted by Crippen LogP contribution is -2.44. The van der Waals surface area contributed by atoms with Gasteiger partial charge in [-0.05, 0) is 30.5 Å². The molecule has 1 N–H and O–H groups in total. The molecular weight excluding hydrogens is 278 g/mol. The highest BCUT2D eigenvalue weighted by molar-refractivity contribution is 9.10. The third-order valence-corrected chi connectivity index (χ3v) is 4.19. The van der Waals surface area contributed by atoms with Crippen LogP contribution >= 0.6 is 15.9 Å². The number of hydrogen-bond donors (Lipinski definition) is 1. The molecule has 2 rings (SSSR count). The van der Waals surface area contributed by atoms with E-state index < -0.39 is 0 Å². The van der Waals surface area contributed by atoms with Gasteiger partial charge in [0.15, 0.2) is 0 Å². The summed E-state index contributed by atoms with van der Waals surface area (Å²) in [5.41, 5.74) is 1.82. The molecule has 1 saturated carbocycles. The van der Waals surface area contributed by atoms with Crippen molar-refractivity contribution in [3.63, 3.8) is 0 Å². The SMILES string of the molecule is COCCNCC1(c2cccc(Br)c2)CCC1. The summed E-state index contributed by atoms with van der Waals surface area (Å²) < 4.78 is 6.24. The van der Waals surface area contributed by atoms with Crippen LogP contribution < -0.4 is 5.32 Å². The number of halogens is 1. The van der Waals surface area contributed by atoms with Gasteiger partial charge in [-0.1, -0.05) is 34.5 Å². The summed E-state index contributed by atoms with van der Waals surface area (Å²) in [6, 6.07) is 8.74. The largest absolute Gasteiger partial charge is 0.383 e. The molecule has 0 spiro atoms. The van der Waals surface area contributed by atoms with E-state index in [4.69, 9.17) is 4.74 Å². The Balaban J connectivity index is 1.99. The van der Waals surface area contributed by atoms with Crippen LogP contribution in [0.25, 0.3) is 0 Å². The van der Waals surface area contributed by atoms with Crippen molar-refractivity contribution in [3.8, 4) is 0 Å². The van der Waals surface area contributed by atoms with Crippen LogP contribution in [-0.4, -0.2) is 26.8 Å². The second-order valence-electron chi connectivity index (χ2n) is 4.81. The molecule has 0 amide bonds. The maximum absolute atomic E-state index is 5.06. The van der Waals surface area contributed by atoms with Crippen LogP contribution in [0.15, 0.2) is 28.7 Å². The molecule has 17 heavy (non-hydrogen) atoms. The summed E-state index contributed by atoms with van der Waals surface area (Å²) in [7, 11) is 1.75. The molecule has 0 aromatic heterocycles. The number of ether oxygens (including phenoxy) is 1. The second-order valence-corrected chi connectivity index (χ2v) is 5.73. The van der Waals surface area contributed by atoms with Gasteiger partial charge in [0.1, 0.15) is 0 Å². The Morgan fingerprint density at radius 2 is 2.24 bits per heavy atom. The molecule has 0 radical (unpaired) electrons. The minimum Gasteiger partial charge on any atom is -0.383 e. The van der Waals surface area contributed by atoms with E-state index in [2.05, 4.69) is 45.5 Å². The Hall–Kier alpha value is -0.380. The van der Waals surface area contributed by atoms with Crippen molar-refractivity contribution in [2.75, 3.05) is 26.8 Å². The maximum Gasteiger partial charge on any atom is 0.0587 e. The van der Waals surface area contributed by atoms with Gasteiger partial charge in [-0.15, -0.1) is 0 Å². The van der Waals surface area contributed by atoms with E-state index in [0.29, 0.717) is 5.41 Å². The fourth-order valence-corrected chi connectivity index (χ4v) is 2.89. The van der Waals surface area contributed by atoms with Crippen LogP contribution in [0.3, 0.4) is 0 Å². The first kappa shape index (κ1) is 13.1. The van der Waals surface area contributed by atoms with Gasteiger partial charge in [0, 0.05) is 30.1 Å². The van der Waals surface area contributed by atoms with Crippen molar-refractivity contribution in [2.45, 2.75) is 24.7 Å². The van der Waals surface area contributed by atoms with Crippen molar-refractivity contribution in [1.29, 1.82) is 0 Å². The molecule has 1 aliphatic carbocycles. The van der Waals surface area contributed by atoms with Gasteiger partial charge in [-0.3, -0.25) is 0 Å². The Morgan fingerprint density at radius 3 is 2.82 bits per heavy atom. The molecule has 0 aliphatic heterocycles. The van der Waals surface area contributed by atoms with Gasteiger partial charge in [0.25, 0.3) is 0 Å². The van der Waals surface area contributed by atoms with Crippen molar-refractivity contribution in [2.24, 2.45) is 0 Å². The minimum absolute atomic E-state index is 0.359. The third-order valence-electron chi connectivity index (χ3n) is 3.69. The first-order chi connectivity index (χ1) is 8.27. The lowest BCUT2D eigenvalue weighted by Gasteiger charge is -2.43. The summed E-state index contributed by atoms with van der Waals surface area (Å²) in [4.78, 5) is 0. The minimum atomic E-state index is 0.359. The van der Waals surface area contributed by atoms with Crippen molar-refractivity contribution in [1.82, 2.24) is 5.32 Å². The molecular formula is C14H20BrNO. The van der Waals surface area contributed by atoms with E-state index in [9.17, 15) is 0 Å². The van der Waals surface area contributed by atoms with Gasteiger partial charge in [-0.25, -0.2) is 0 Å². The zero-order valence-corrected chi connectivity index (χ0v) is 11.9. The summed E-state index contributed by atoms with van der Waals surface area (Å²) in [6.45, 7) is 2.79. The van der Waals surface area contributed by atoms with E-state index in [-0.39, 0.29) is 0 Å². The molecule has 1 fully saturated rings. The van der Waals surface area contributed by atoms with Crippen LogP contribution in [0.2, 0.25) is 0 Å². The molecule has 1 aromatic carbocycles. The highest BCUT2D eigenvalue weighted by Crippen LogP contribution is 2.43. The molecule has 3 heteroatoms. The van der Waals surface area contributed by atoms with E-state index in [1.54, 1.807) is 7.11 Å². The van der Waals surface area contributed by atoms with Crippen LogP contribution in [0.5, 0.6) is 0 Å². The number of nitrogens with one attached hydrogen (secondary N) is 1. The van der Waals surface area contributed by atoms with Crippen LogP contribution in [0.4, 0.5) is 0 Å². The molecule has 2 nitrogen and oxygen atoms in total. The van der Waals surface area contributed by atoms with Gasteiger partial charge < -0.3 is 10.1 Å². The van der Waals surface area contributed by atoms with Crippen LogP contribution in [0.1, 0.15) is 24.8 Å². The Morgan fingerprint density at radius 1 is 1.41 bits per heavy atom. The Kier molecular flexibility index (Phi) is 4.60. The van der Waals surface area contributed by atoms with Crippen LogP contribution in [-0.2, 0) is 10.2 Å². The molecule has 0 unspecified atom stereocenters. The van der Waals surface area contributed by atoms with Gasteiger partial charge >= 0.3 is 0 Å². The highest BCUT2D eigenvalue weighted by Gasteiger charge is 2.38. The summed E-state index contributed by atoms with van der Waals surface area (Å²) in [5, 5.41) is 3.51. The maximum atomic E-state index is 5.06. The second kappa shape index (κ2) is 5.98. The predicted molar refractivity (Wildman–Crippen MR) is 74.4 cm³/mol. The predicted octanol–water partition coefficient (Wildman–Crippen LogP) is 3.11. The molecule has 1 aromatic rings. The summed E-state index contributed by atoms with van der Waals surface area (Å²) in [5.74, 6) is 0. The standard InChI is InChI=1S/C14H20BrNO/c1-17-9-8-16-11-14(6-3-7-14)12-4-2-5-13(15)10-12/h2,4-5,10,16H,3,6-9,11H2,1H3.